The van der Waals surface area contributed by atoms with Crippen LogP contribution in [-0.4, -0.2) is 60.0 Å². The molecule has 3 N–H and O–H groups in total. The molecule has 1 amide bonds. The van der Waals surface area contributed by atoms with Gasteiger partial charge in [-0.05, 0) is 50.2 Å². The van der Waals surface area contributed by atoms with Gasteiger partial charge in [-0.2, -0.15) is 9.37 Å². The van der Waals surface area contributed by atoms with Gasteiger partial charge in [0.2, 0.25) is 5.95 Å². The van der Waals surface area contributed by atoms with Crippen molar-refractivity contribution in [3.63, 3.8) is 0 Å². The highest BCUT2D eigenvalue weighted by Crippen LogP contribution is 2.31. The van der Waals surface area contributed by atoms with Gasteiger partial charge in [0.25, 0.3) is 5.91 Å². The minimum atomic E-state index is -0.700. The van der Waals surface area contributed by atoms with E-state index in [1.807, 2.05) is 30.3 Å². The maximum atomic E-state index is 14.8. The van der Waals surface area contributed by atoms with Crippen LogP contribution < -0.4 is 16.0 Å². The van der Waals surface area contributed by atoms with E-state index in [1.165, 1.54) is 0 Å². The van der Waals surface area contributed by atoms with Gasteiger partial charge in [-0.25, -0.2) is 4.98 Å². The normalized spacial score (nSPS) is 18.7. The number of fused-ring (bicyclic) bond motifs is 1. The molecule has 0 saturated carbocycles. The van der Waals surface area contributed by atoms with E-state index in [0.29, 0.717) is 29.4 Å². The molecule has 8 heteroatoms. The summed E-state index contributed by atoms with van der Waals surface area (Å²) >= 11 is 0. The predicted molar refractivity (Wildman–Crippen MR) is 128 cm³/mol. The molecular formula is C25H27FN6O. The monoisotopic (exact) mass is 446 g/mol. The smallest absolute Gasteiger partial charge is 0.251 e. The third kappa shape index (κ3) is 4.02. The molecule has 5 rings (SSSR count). The molecule has 33 heavy (non-hydrogen) atoms. The van der Waals surface area contributed by atoms with Crippen LogP contribution in [0.5, 0.6) is 0 Å². The summed E-state index contributed by atoms with van der Waals surface area (Å²) < 4.78 is 14.8. The molecular weight excluding hydrogens is 419 g/mol. The SMILES string of the molecule is CC1CN(C)CCN1c1ccc(-c2nc(-c3ccc4c(c3)CCNC4=O)c(N)nc2F)cc1. The molecule has 1 atom stereocenters. The van der Waals surface area contributed by atoms with Gasteiger partial charge in [-0.15, -0.1) is 0 Å². The van der Waals surface area contributed by atoms with Gasteiger partial charge < -0.3 is 20.9 Å². The number of nitrogens with one attached hydrogen (secondary N) is 1. The van der Waals surface area contributed by atoms with E-state index in [9.17, 15) is 9.18 Å². The summed E-state index contributed by atoms with van der Waals surface area (Å²) in [5, 5.41) is 2.83. The highest BCUT2D eigenvalue weighted by molar-refractivity contribution is 5.97. The summed E-state index contributed by atoms with van der Waals surface area (Å²) in [6.07, 6.45) is 0.725. The van der Waals surface area contributed by atoms with E-state index >= 15 is 0 Å². The number of carbonyl (C=O) groups is 1. The van der Waals surface area contributed by atoms with Crippen LogP contribution in [0.1, 0.15) is 22.8 Å². The van der Waals surface area contributed by atoms with Crippen LogP contribution in [0.15, 0.2) is 42.5 Å². The lowest BCUT2D eigenvalue weighted by atomic mass is 9.96. The second-order valence-corrected chi connectivity index (χ2v) is 8.83. The fourth-order valence-electron chi connectivity index (χ4n) is 4.73. The van der Waals surface area contributed by atoms with Crippen molar-refractivity contribution < 1.29 is 9.18 Å². The van der Waals surface area contributed by atoms with E-state index < -0.39 is 5.95 Å². The molecule has 3 heterocycles. The predicted octanol–water partition coefficient (Wildman–Crippen LogP) is 2.96. The fraction of sp³-hybridized carbons (Fsp3) is 0.320. The van der Waals surface area contributed by atoms with Gasteiger partial charge in [0.15, 0.2) is 5.82 Å². The van der Waals surface area contributed by atoms with Gasteiger partial charge in [-0.3, -0.25) is 4.79 Å². The number of carbonyl (C=O) groups excluding carboxylic acids is 1. The Bertz CT molecular complexity index is 1210. The van der Waals surface area contributed by atoms with Crippen molar-refractivity contribution in [3.8, 4) is 22.5 Å². The van der Waals surface area contributed by atoms with Crippen molar-refractivity contribution >= 4 is 17.4 Å². The third-order valence-electron chi connectivity index (χ3n) is 6.49. The number of halogens is 1. The molecule has 0 bridgehead atoms. The summed E-state index contributed by atoms with van der Waals surface area (Å²) in [6.45, 7) is 5.77. The minimum absolute atomic E-state index is 0.0272. The van der Waals surface area contributed by atoms with Gasteiger partial charge in [0.1, 0.15) is 11.4 Å². The number of nitrogen functional groups attached to an aromatic ring is 1. The summed E-state index contributed by atoms with van der Waals surface area (Å²) in [6, 6.07) is 13.6. The van der Waals surface area contributed by atoms with Crippen molar-refractivity contribution in [2.75, 3.05) is 43.9 Å². The van der Waals surface area contributed by atoms with Crippen LogP contribution in [0, 0.1) is 5.95 Å². The van der Waals surface area contributed by atoms with Crippen molar-refractivity contribution in [1.82, 2.24) is 20.2 Å². The third-order valence-corrected chi connectivity index (χ3v) is 6.49. The molecule has 7 nitrogen and oxygen atoms in total. The zero-order valence-corrected chi connectivity index (χ0v) is 18.8. The van der Waals surface area contributed by atoms with E-state index in [2.05, 4.69) is 39.1 Å². The number of hydrogen-bond acceptors (Lipinski definition) is 6. The Morgan fingerprint density at radius 3 is 2.58 bits per heavy atom. The first-order valence-electron chi connectivity index (χ1n) is 11.2. The van der Waals surface area contributed by atoms with Crippen LogP contribution in [0.3, 0.4) is 0 Å². The number of amides is 1. The molecule has 170 valence electrons. The topological polar surface area (TPSA) is 87.4 Å². The second-order valence-electron chi connectivity index (χ2n) is 8.83. The number of likely N-dealkylation sites (N-methyl/N-ethyl adjacent to an activating group) is 1. The maximum Gasteiger partial charge on any atom is 0.251 e. The van der Waals surface area contributed by atoms with Crippen molar-refractivity contribution in [2.24, 2.45) is 0 Å². The quantitative estimate of drug-likeness (QED) is 0.643. The van der Waals surface area contributed by atoms with Crippen molar-refractivity contribution in [1.29, 1.82) is 0 Å². The first kappa shape index (κ1) is 21.3. The Hall–Kier alpha value is -3.52. The molecule has 0 radical (unpaired) electrons. The molecule has 2 aliphatic heterocycles. The van der Waals surface area contributed by atoms with Crippen molar-refractivity contribution in [2.45, 2.75) is 19.4 Å². The average Bonchev–Trinajstić information content (AvgIpc) is 2.79. The summed E-state index contributed by atoms with van der Waals surface area (Å²) in [5.74, 6) is -0.759. The van der Waals surface area contributed by atoms with Crippen LogP contribution in [0.4, 0.5) is 15.9 Å². The van der Waals surface area contributed by atoms with Gasteiger partial charge in [0.05, 0.1) is 0 Å². The lowest BCUT2D eigenvalue weighted by Crippen LogP contribution is -2.50. The number of nitrogens with zero attached hydrogens (tertiary/aromatic N) is 4. The Balaban J connectivity index is 1.48. The number of rotatable bonds is 3. The number of aromatic nitrogens is 2. The van der Waals surface area contributed by atoms with Crippen molar-refractivity contribution in [3.05, 3.63) is 59.5 Å². The highest BCUT2D eigenvalue weighted by Gasteiger charge is 2.23. The average molecular weight is 447 g/mol. The number of piperazine rings is 1. The lowest BCUT2D eigenvalue weighted by molar-refractivity contribution is 0.0946. The Labute approximate surface area is 192 Å². The molecule has 0 spiro atoms. The van der Waals surface area contributed by atoms with Gasteiger partial charge >= 0.3 is 0 Å². The van der Waals surface area contributed by atoms with Crippen LogP contribution >= 0.6 is 0 Å². The van der Waals surface area contributed by atoms with Crippen LogP contribution in [0.2, 0.25) is 0 Å². The van der Waals surface area contributed by atoms with E-state index in [4.69, 9.17) is 5.73 Å². The molecule has 1 fully saturated rings. The number of hydrogen-bond donors (Lipinski definition) is 2. The molecule has 0 aliphatic carbocycles. The highest BCUT2D eigenvalue weighted by atomic mass is 19.1. The maximum absolute atomic E-state index is 14.8. The molecule has 2 aromatic carbocycles. The molecule has 3 aromatic rings. The summed E-state index contributed by atoms with van der Waals surface area (Å²) in [5.41, 5.74) is 10.7. The van der Waals surface area contributed by atoms with E-state index in [1.54, 1.807) is 12.1 Å². The lowest BCUT2D eigenvalue weighted by Gasteiger charge is -2.39. The largest absolute Gasteiger partial charge is 0.382 e. The second kappa shape index (κ2) is 8.44. The van der Waals surface area contributed by atoms with Gasteiger partial charge in [-0.1, -0.05) is 18.2 Å². The number of nitrogens with two attached hydrogens (primary N) is 1. The number of benzene rings is 2. The van der Waals surface area contributed by atoms with Crippen LogP contribution in [-0.2, 0) is 6.42 Å². The van der Waals surface area contributed by atoms with E-state index in [-0.39, 0.29) is 17.4 Å². The van der Waals surface area contributed by atoms with E-state index in [0.717, 1.165) is 42.9 Å². The summed E-state index contributed by atoms with van der Waals surface area (Å²) in [4.78, 5) is 25.2. The standard InChI is InChI=1S/C25H27FN6O/c1-15-14-31(2)11-12-32(15)19-6-3-16(4-7-19)21-23(26)30-24(27)22(29-21)18-5-8-20-17(13-18)9-10-28-25(20)33/h3-8,13,15H,9-12,14H2,1-2H3,(H2,27,30)(H,28,33). The Morgan fingerprint density at radius 1 is 1.06 bits per heavy atom. The molecule has 1 unspecified atom stereocenters. The fourth-order valence-corrected chi connectivity index (χ4v) is 4.73. The molecule has 1 aromatic heterocycles. The molecule has 2 aliphatic rings. The minimum Gasteiger partial charge on any atom is -0.382 e. The zero-order valence-electron chi connectivity index (χ0n) is 18.8. The number of anilines is 2. The summed E-state index contributed by atoms with van der Waals surface area (Å²) in [7, 11) is 2.13. The zero-order chi connectivity index (χ0) is 23.1. The van der Waals surface area contributed by atoms with Gasteiger partial charge in [0, 0.05) is 54.6 Å². The first-order valence-corrected chi connectivity index (χ1v) is 11.2. The molecule has 1 saturated heterocycles. The first-order chi connectivity index (χ1) is 15.9. The van der Waals surface area contributed by atoms with Crippen LogP contribution in [0.25, 0.3) is 22.5 Å². The Kier molecular flexibility index (Phi) is 5.46. The Morgan fingerprint density at radius 2 is 1.82 bits per heavy atom.